The minimum Gasteiger partial charge on any atom is -0.497 e. The topological polar surface area (TPSA) is 62.4 Å². The number of nitrogens with one attached hydrogen (secondary N) is 1. The Bertz CT molecular complexity index is 1200. The lowest BCUT2D eigenvalue weighted by atomic mass is 10.0. The van der Waals surface area contributed by atoms with E-state index < -0.39 is 0 Å². The van der Waals surface area contributed by atoms with Crippen LogP contribution in [0, 0.1) is 18.3 Å². The number of fused-ring (bicyclic) bond motifs is 3. The number of hydrogen-bond acceptors (Lipinski definition) is 4. The second kappa shape index (κ2) is 6.65. The third-order valence-electron chi connectivity index (χ3n) is 4.92. The van der Waals surface area contributed by atoms with Gasteiger partial charge in [-0.25, -0.2) is 4.98 Å². The highest BCUT2D eigenvalue weighted by molar-refractivity contribution is 5.87. The van der Waals surface area contributed by atoms with E-state index >= 15 is 0 Å². The monoisotopic (exact) mass is 356 g/mol. The molecule has 4 aromatic rings. The van der Waals surface area contributed by atoms with Crippen LogP contribution in [0.4, 0.5) is 11.5 Å². The van der Waals surface area contributed by atoms with Crippen molar-refractivity contribution in [1.82, 2.24) is 9.38 Å². The van der Waals surface area contributed by atoms with Gasteiger partial charge in [0.2, 0.25) is 0 Å². The fraction of sp³-hybridized carbons (Fsp3) is 0.182. The maximum atomic E-state index is 9.77. The Morgan fingerprint density at radius 2 is 2.00 bits per heavy atom. The predicted octanol–water partition coefficient (Wildman–Crippen LogP) is 4.98. The molecule has 5 heteroatoms. The molecule has 2 aromatic heterocycles. The Morgan fingerprint density at radius 1 is 1.19 bits per heavy atom. The maximum Gasteiger partial charge on any atom is 0.157 e. The number of rotatable bonds is 4. The van der Waals surface area contributed by atoms with Crippen LogP contribution in [-0.4, -0.2) is 16.5 Å². The van der Waals surface area contributed by atoms with E-state index in [1.165, 1.54) is 0 Å². The molecular weight excluding hydrogens is 336 g/mol. The highest BCUT2D eigenvalue weighted by atomic mass is 16.5. The first-order valence-electron chi connectivity index (χ1n) is 8.91. The van der Waals surface area contributed by atoms with Crippen molar-refractivity contribution < 1.29 is 4.74 Å². The first-order chi connectivity index (χ1) is 13.2. The Balaban J connectivity index is 2.07. The van der Waals surface area contributed by atoms with E-state index in [1.54, 1.807) is 7.11 Å². The highest BCUT2D eigenvalue weighted by Gasteiger charge is 2.20. The highest BCUT2D eigenvalue weighted by Crippen LogP contribution is 2.33. The summed E-state index contributed by atoms with van der Waals surface area (Å²) in [6.07, 6.45) is 0.801. The molecule has 5 nitrogen and oxygen atoms in total. The van der Waals surface area contributed by atoms with Crippen molar-refractivity contribution in [2.45, 2.75) is 20.3 Å². The van der Waals surface area contributed by atoms with Crippen LogP contribution in [0.1, 0.15) is 23.6 Å². The third-order valence-corrected chi connectivity index (χ3v) is 4.92. The van der Waals surface area contributed by atoms with Crippen LogP contribution >= 0.6 is 0 Å². The molecular formula is C22H20N4O. The molecule has 2 heterocycles. The van der Waals surface area contributed by atoms with Gasteiger partial charge in [0, 0.05) is 11.8 Å². The molecule has 0 bridgehead atoms. The summed E-state index contributed by atoms with van der Waals surface area (Å²) in [7, 11) is 1.66. The SMILES string of the molecule is CCc1c(C)c(C#N)c2nc3ccccc3n2c1Nc1cccc(OC)c1. The molecule has 0 amide bonds. The molecule has 0 aliphatic rings. The molecule has 27 heavy (non-hydrogen) atoms. The van der Waals surface area contributed by atoms with Gasteiger partial charge in [-0.05, 0) is 48.7 Å². The number of nitrogens with zero attached hydrogens (tertiary/aromatic N) is 3. The number of benzene rings is 2. The second-order valence-electron chi connectivity index (χ2n) is 6.41. The van der Waals surface area contributed by atoms with Crippen LogP contribution in [-0.2, 0) is 6.42 Å². The number of hydrogen-bond donors (Lipinski definition) is 1. The zero-order valence-electron chi connectivity index (χ0n) is 15.6. The van der Waals surface area contributed by atoms with Gasteiger partial charge in [0.05, 0.1) is 23.7 Å². The second-order valence-corrected chi connectivity index (χ2v) is 6.41. The van der Waals surface area contributed by atoms with E-state index in [9.17, 15) is 5.26 Å². The van der Waals surface area contributed by atoms with E-state index in [0.29, 0.717) is 11.2 Å². The Labute approximate surface area is 157 Å². The van der Waals surface area contributed by atoms with Gasteiger partial charge in [-0.3, -0.25) is 4.40 Å². The average Bonchev–Trinajstić information content (AvgIpc) is 3.07. The van der Waals surface area contributed by atoms with Gasteiger partial charge in [0.15, 0.2) is 5.65 Å². The first-order valence-corrected chi connectivity index (χ1v) is 8.91. The molecule has 134 valence electrons. The summed E-state index contributed by atoms with van der Waals surface area (Å²) in [4.78, 5) is 4.73. The van der Waals surface area contributed by atoms with Crippen molar-refractivity contribution in [2.75, 3.05) is 12.4 Å². The van der Waals surface area contributed by atoms with Crippen molar-refractivity contribution in [3.63, 3.8) is 0 Å². The first kappa shape index (κ1) is 16.9. The Hall–Kier alpha value is -3.52. The molecule has 0 aliphatic carbocycles. The molecule has 0 spiro atoms. The van der Waals surface area contributed by atoms with Gasteiger partial charge in [-0.1, -0.05) is 25.1 Å². The number of pyridine rings is 1. The van der Waals surface area contributed by atoms with Gasteiger partial charge in [-0.15, -0.1) is 0 Å². The van der Waals surface area contributed by atoms with Crippen LogP contribution in [0.25, 0.3) is 16.7 Å². The van der Waals surface area contributed by atoms with Crippen molar-refractivity contribution >= 4 is 28.2 Å². The van der Waals surface area contributed by atoms with Crippen LogP contribution in [0.15, 0.2) is 48.5 Å². The number of para-hydroxylation sites is 2. The van der Waals surface area contributed by atoms with Crippen LogP contribution in [0.5, 0.6) is 5.75 Å². The number of methoxy groups -OCH3 is 1. The molecule has 0 radical (unpaired) electrons. The number of imidazole rings is 1. The van der Waals surface area contributed by atoms with Crippen LogP contribution in [0.2, 0.25) is 0 Å². The van der Waals surface area contributed by atoms with Gasteiger partial charge >= 0.3 is 0 Å². The van der Waals surface area contributed by atoms with Gasteiger partial charge in [0.1, 0.15) is 17.6 Å². The maximum absolute atomic E-state index is 9.77. The van der Waals surface area contributed by atoms with Gasteiger partial charge in [-0.2, -0.15) is 5.26 Å². The Kier molecular flexibility index (Phi) is 4.17. The fourth-order valence-electron chi connectivity index (χ4n) is 3.59. The van der Waals surface area contributed by atoms with Gasteiger partial charge in [0.25, 0.3) is 0 Å². The summed E-state index contributed by atoms with van der Waals surface area (Å²) in [6, 6.07) is 18.1. The third kappa shape index (κ3) is 2.67. The molecule has 2 aromatic carbocycles. The lowest BCUT2D eigenvalue weighted by Gasteiger charge is -2.18. The zero-order valence-corrected chi connectivity index (χ0v) is 15.6. The molecule has 0 saturated carbocycles. The molecule has 0 atom stereocenters. The standard InChI is InChI=1S/C22H20N4O/c1-4-17-14(2)18(13-23)22-25-19-10-5-6-11-20(19)26(22)21(17)24-15-8-7-9-16(12-15)27-3/h5-12,24H,4H2,1-3H3. The molecule has 0 aliphatic heterocycles. The van der Waals surface area contributed by atoms with Gasteiger partial charge < -0.3 is 10.1 Å². The number of ether oxygens (including phenoxy) is 1. The minimum absolute atomic E-state index is 0.624. The number of aromatic nitrogens is 2. The summed E-state index contributed by atoms with van der Waals surface area (Å²) in [5, 5.41) is 13.3. The van der Waals surface area contributed by atoms with E-state index in [-0.39, 0.29) is 0 Å². The summed E-state index contributed by atoms with van der Waals surface area (Å²) < 4.78 is 7.40. The normalized spacial score (nSPS) is 10.9. The van der Waals surface area contributed by atoms with Crippen LogP contribution < -0.4 is 10.1 Å². The quantitative estimate of drug-likeness (QED) is 0.560. The molecule has 0 saturated heterocycles. The summed E-state index contributed by atoms with van der Waals surface area (Å²) in [6.45, 7) is 4.10. The van der Waals surface area contributed by atoms with Crippen molar-refractivity contribution in [1.29, 1.82) is 5.26 Å². The van der Waals surface area contributed by atoms with E-state index in [4.69, 9.17) is 9.72 Å². The largest absolute Gasteiger partial charge is 0.497 e. The number of anilines is 2. The number of nitriles is 1. The Morgan fingerprint density at radius 3 is 2.74 bits per heavy atom. The summed E-state index contributed by atoms with van der Waals surface area (Å²) >= 11 is 0. The van der Waals surface area contributed by atoms with E-state index in [2.05, 4.69) is 22.7 Å². The smallest absolute Gasteiger partial charge is 0.157 e. The minimum atomic E-state index is 0.624. The molecule has 4 rings (SSSR count). The molecule has 0 unspecified atom stereocenters. The lowest BCUT2D eigenvalue weighted by Crippen LogP contribution is -2.07. The van der Waals surface area contributed by atoms with Crippen molar-refractivity contribution in [3.8, 4) is 11.8 Å². The molecule has 0 fully saturated rings. The van der Waals surface area contributed by atoms with E-state index in [0.717, 1.165) is 45.8 Å². The lowest BCUT2D eigenvalue weighted by molar-refractivity contribution is 0.415. The predicted molar refractivity (Wildman–Crippen MR) is 108 cm³/mol. The summed E-state index contributed by atoms with van der Waals surface area (Å²) in [5.74, 6) is 1.72. The zero-order chi connectivity index (χ0) is 19.0. The summed E-state index contributed by atoms with van der Waals surface area (Å²) in [5.41, 5.74) is 6.14. The van der Waals surface area contributed by atoms with E-state index in [1.807, 2.05) is 55.5 Å². The van der Waals surface area contributed by atoms with Crippen LogP contribution in [0.3, 0.4) is 0 Å². The van der Waals surface area contributed by atoms with Crippen molar-refractivity contribution in [3.05, 3.63) is 65.2 Å². The molecule has 1 N–H and O–H groups in total. The average molecular weight is 356 g/mol. The fourth-order valence-corrected chi connectivity index (χ4v) is 3.59. The van der Waals surface area contributed by atoms with Crippen molar-refractivity contribution in [2.24, 2.45) is 0 Å².